The molecule has 0 bridgehead atoms. The summed E-state index contributed by atoms with van der Waals surface area (Å²) in [7, 11) is 2.02. The fourth-order valence-corrected chi connectivity index (χ4v) is 2.88. The van der Waals surface area contributed by atoms with Gasteiger partial charge in [0.15, 0.2) is 0 Å². The summed E-state index contributed by atoms with van der Waals surface area (Å²) in [5.41, 5.74) is 8.13. The number of aryl methyl sites for hydroxylation is 2. The van der Waals surface area contributed by atoms with Crippen molar-refractivity contribution in [2.75, 3.05) is 18.0 Å². The lowest BCUT2D eigenvalue weighted by Crippen LogP contribution is -2.35. The summed E-state index contributed by atoms with van der Waals surface area (Å²) in [5, 5.41) is 4.49. The maximum absolute atomic E-state index is 5.84. The fourth-order valence-electron chi connectivity index (χ4n) is 2.88. The molecule has 0 atom stereocenters. The molecule has 4 heteroatoms. The molecule has 1 aromatic heterocycles. The normalized spacial score (nSPS) is 17.8. The van der Waals surface area contributed by atoms with E-state index in [1.54, 1.807) is 0 Å². The van der Waals surface area contributed by atoms with E-state index in [1.165, 1.54) is 30.6 Å². The van der Waals surface area contributed by atoms with Gasteiger partial charge in [-0.1, -0.05) is 13.3 Å². The molecule has 1 aliphatic rings. The Balaban J connectivity index is 2.18. The van der Waals surface area contributed by atoms with E-state index >= 15 is 0 Å². The first-order valence-electron chi connectivity index (χ1n) is 6.64. The molecule has 1 saturated heterocycles. The van der Waals surface area contributed by atoms with Crippen LogP contribution in [0.4, 0.5) is 5.82 Å². The van der Waals surface area contributed by atoms with Crippen molar-refractivity contribution in [1.82, 2.24) is 9.78 Å². The highest BCUT2D eigenvalue weighted by Crippen LogP contribution is 2.28. The summed E-state index contributed by atoms with van der Waals surface area (Å²) in [6.07, 6.45) is 3.90. The van der Waals surface area contributed by atoms with Gasteiger partial charge in [0.25, 0.3) is 0 Å². The quantitative estimate of drug-likeness (QED) is 0.870. The average molecular weight is 236 g/mol. The van der Waals surface area contributed by atoms with E-state index < -0.39 is 0 Å². The second kappa shape index (κ2) is 5.08. The average Bonchev–Trinajstić information content (AvgIpc) is 2.63. The molecule has 0 saturated carbocycles. The Hall–Kier alpha value is -1.03. The van der Waals surface area contributed by atoms with Gasteiger partial charge in [-0.05, 0) is 25.7 Å². The highest BCUT2D eigenvalue weighted by atomic mass is 15.4. The number of hydrogen-bond donors (Lipinski definition) is 1. The number of rotatable bonds is 3. The Kier molecular flexibility index (Phi) is 3.72. The highest BCUT2D eigenvalue weighted by Gasteiger charge is 2.23. The number of nitrogens with two attached hydrogens (primary N) is 1. The zero-order valence-corrected chi connectivity index (χ0v) is 11.2. The molecule has 96 valence electrons. The molecule has 1 aliphatic heterocycles. The molecule has 4 nitrogen and oxygen atoms in total. The Bertz CT molecular complexity index is 375. The van der Waals surface area contributed by atoms with Gasteiger partial charge in [0.05, 0.1) is 5.69 Å². The van der Waals surface area contributed by atoms with E-state index in [2.05, 4.69) is 16.9 Å². The number of piperidine rings is 1. The third-order valence-electron chi connectivity index (χ3n) is 4.01. The third kappa shape index (κ3) is 2.32. The zero-order chi connectivity index (χ0) is 12.4. The maximum atomic E-state index is 5.84. The monoisotopic (exact) mass is 236 g/mol. The second-order valence-corrected chi connectivity index (χ2v) is 5.05. The number of aromatic nitrogens is 2. The van der Waals surface area contributed by atoms with Crippen LogP contribution in [-0.4, -0.2) is 22.9 Å². The van der Waals surface area contributed by atoms with Crippen LogP contribution in [0.3, 0.4) is 0 Å². The van der Waals surface area contributed by atoms with Crippen molar-refractivity contribution >= 4 is 5.82 Å². The summed E-state index contributed by atoms with van der Waals surface area (Å²) >= 11 is 0. The molecule has 0 aromatic carbocycles. The van der Waals surface area contributed by atoms with Crippen molar-refractivity contribution in [3.05, 3.63) is 11.3 Å². The first kappa shape index (κ1) is 12.4. The lowest BCUT2D eigenvalue weighted by Gasteiger charge is -2.33. The predicted octanol–water partition coefficient (Wildman–Crippen LogP) is 1.81. The second-order valence-electron chi connectivity index (χ2n) is 5.05. The van der Waals surface area contributed by atoms with Gasteiger partial charge in [-0.15, -0.1) is 0 Å². The first-order valence-corrected chi connectivity index (χ1v) is 6.64. The van der Waals surface area contributed by atoms with Crippen LogP contribution in [0.15, 0.2) is 0 Å². The number of nitrogens with zero attached hydrogens (tertiary/aromatic N) is 3. The Morgan fingerprint density at radius 2 is 2.00 bits per heavy atom. The lowest BCUT2D eigenvalue weighted by molar-refractivity contribution is 0.391. The molecule has 2 N–H and O–H groups in total. The summed E-state index contributed by atoms with van der Waals surface area (Å²) in [6, 6.07) is 0. The molecule has 0 spiro atoms. The van der Waals surface area contributed by atoms with Gasteiger partial charge in [0.1, 0.15) is 5.82 Å². The van der Waals surface area contributed by atoms with Crippen molar-refractivity contribution in [3.8, 4) is 0 Å². The molecule has 0 aliphatic carbocycles. The molecule has 17 heavy (non-hydrogen) atoms. The van der Waals surface area contributed by atoms with E-state index in [0.717, 1.165) is 24.7 Å². The molecule has 0 unspecified atom stereocenters. The van der Waals surface area contributed by atoms with Crippen molar-refractivity contribution in [1.29, 1.82) is 0 Å². The summed E-state index contributed by atoms with van der Waals surface area (Å²) in [4.78, 5) is 2.45. The summed E-state index contributed by atoms with van der Waals surface area (Å²) < 4.78 is 1.99. The number of anilines is 1. The highest BCUT2D eigenvalue weighted by molar-refractivity contribution is 5.50. The van der Waals surface area contributed by atoms with Crippen LogP contribution in [0.25, 0.3) is 0 Å². The SMILES string of the molecule is CCC1CCN(c2c(CN)c(C)nn2C)CC1. The minimum Gasteiger partial charge on any atom is -0.357 e. The molecular weight excluding hydrogens is 212 g/mol. The van der Waals surface area contributed by atoms with Crippen LogP contribution in [0.5, 0.6) is 0 Å². The standard InChI is InChI=1S/C13H24N4/c1-4-11-5-7-17(8-6-11)13-12(9-14)10(2)15-16(13)3/h11H,4-9,14H2,1-3H3. The fraction of sp³-hybridized carbons (Fsp3) is 0.769. The van der Waals surface area contributed by atoms with Gasteiger partial charge in [-0.25, -0.2) is 0 Å². The molecule has 2 heterocycles. The minimum atomic E-state index is 0.586. The Labute approximate surface area is 104 Å². The van der Waals surface area contributed by atoms with Gasteiger partial charge in [-0.3, -0.25) is 4.68 Å². The van der Waals surface area contributed by atoms with E-state index in [-0.39, 0.29) is 0 Å². The number of hydrogen-bond acceptors (Lipinski definition) is 3. The zero-order valence-electron chi connectivity index (χ0n) is 11.2. The van der Waals surface area contributed by atoms with E-state index in [0.29, 0.717) is 6.54 Å². The van der Waals surface area contributed by atoms with Crippen LogP contribution in [0.1, 0.15) is 37.4 Å². The largest absolute Gasteiger partial charge is 0.357 e. The molecule has 0 amide bonds. The van der Waals surface area contributed by atoms with Crippen LogP contribution < -0.4 is 10.6 Å². The van der Waals surface area contributed by atoms with Gasteiger partial charge < -0.3 is 10.6 Å². The van der Waals surface area contributed by atoms with E-state index in [9.17, 15) is 0 Å². The van der Waals surface area contributed by atoms with Gasteiger partial charge >= 0.3 is 0 Å². The molecule has 1 fully saturated rings. The lowest BCUT2D eigenvalue weighted by atomic mass is 9.94. The molecule has 0 radical (unpaired) electrons. The molecule has 2 rings (SSSR count). The van der Waals surface area contributed by atoms with Crippen molar-refractivity contribution in [2.45, 2.75) is 39.7 Å². The predicted molar refractivity (Wildman–Crippen MR) is 71.1 cm³/mol. The van der Waals surface area contributed by atoms with Crippen LogP contribution in [0, 0.1) is 12.8 Å². The van der Waals surface area contributed by atoms with E-state index in [1.807, 2.05) is 18.7 Å². The molecule has 1 aromatic rings. The minimum absolute atomic E-state index is 0.586. The maximum Gasteiger partial charge on any atom is 0.131 e. The van der Waals surface area contributed by atoms with Crippen LogP contribution >= 0.6 is 0 Å². The van der Waals surface area contributed by atoms with Gasteiger partial charge in [-0.2, -0.15) is 5.10 Å². The summed E-state index contributed by atoms with van der Waals surface area (Å²) in [5.74, 6) is 2.14. The van der Waals surface area contributed by atoms with Gasteiger partial charge in [0.2, 0.25) is 0 Å². The smallest absolute Gasteiger partial charge is 0.131 e. The van der Waals surface area contributed by atoms with Crippen LogP contribution in [0.2, 0.25) is 0 Å². The summed E-state index contributed by atoms with van der Waals surface area (Å²) in [6.45, 7) is 7.21. The molecular formula is C13H24N4. The first-order chi connectivity index (χ1) is 8.17. The topological polar surface area (TPSA) is 47.1 Å². The van der Waals surface area contributed by atoms with Crippen molar-refractivity contribution < 1.29 is 0 Å². The Morgan fingerprint density at radius 3 is 2.53 bits per heavy atom. The van der Waals surface area contributed by atoms with Crippen molar-refractivity contribution in [3.63, 3.8) is 0 Å². The van der Waals surface area contributed by atoms with Gasteiger partial charge in [0, 0.05) is 32.2 Å². The third-order valence-corrected chi connectivity index (χ3v) is 4.01. The van der Waals surface area contributed by atoms with Crippen molar-refractivity contribution in [2.24, 2.45) is 18.7 Å². The van der Waals surface area contributed by atoms with Crippen LogP contribution in [-0.2, 0) is 13.6 Å². The van der Waals surface area contributed by atoms with E-state index in [4.69, 9.17) is 5.73 Å². The Morgan fingerprint density at radius 1 is 1.35 bits per heavy atom.